The van der Waals surface area contributed by atoms with E-state index in [9.17, 15) is 0 Å². The molecule has 0 fully saturated rings. The van der Waals surface area contributed by atoms with Crippen LogP contribution in [0.15, 0.2) is 59.4 Å². The molecule has 0 bridgehead atoms. The van der Waals surface area contributed by atoms with Crippen LogP contribution >= 0.6 is 0 Å². The molecule has 0 amide bonds. The predicted octanol–water partition coefficient (Wildman–Crippen LogP) is 3.55. The second-order valence-corrected chi connectivity index (χ2v) is 5.18. The summed E-state index contributed by atoms with van der Waals surface area (Å²) >= 11 is 0. The molecular weight excluding hydrogens is 276 g/mol. The fraction of sp³-hybridized carbons (Fsp3) is 0.0588. The van der Waals surface area contributed by atoms with E-state index in [2.05, 4.69) is 10.1 Å². The molecular formula is C17H14N4O. The Morgan fingerprint density at radius 1 is 1.14 bits per heavy atom. The van der Waals surface area contributed by atoms with Crippen LogP contribution in [0, 0.1) is 6.92 Å². The van der Waals surface area contributed by atoms with Crippen molar-refractivity contribution >= 4 is 11.3 Å². The summed E-state index contributed by atoms with van der Waals surface area (Å²) in [6.45, 7) is 1.90. The molecule has 22 heavy (non-hydrogen) atoms. The number of pyridine rings is 1. The van der Waals surface area contributed by atoms with E-state index in [1.54, 1.807) is 0 Å². The highest BCUT2D eigenvalue weighted by Crippen LogP contribution is 2.33. The minimum atomic E-state index is 0.690. The molecule has 4 aromatic rings. The van der Waals surface area contributed by atoms with Gasteiger partial charge in [-0.05, 0) is 13.0 Å². The van der Waals surface area contributed by atoms with E-state index in [0.717, 1.165) is 33.9 Å². The molecule has 0 aliphatic carbocycles. The minimum Gasteiger partial charge on any atom is -0.399 e. The molecule has 0 radical (unpaired) electrons. The normalized spacial score (nSPS) is 11.1. The Morgan fingerprint density at radius 3 is 2.77 bits per heavy atom. The average Bonchev–Trinajstić information content (AvgIpc) is 3.10. The van der Waals surface area contributed by atoms with Gasteiger partial charge < -0.3 is 14.7 Å². The molecule has 0 aliphatic heterocycles. The van der Waals surface area contributed by atoms with Gasteiger partial charge in [-0.15, -0.1) is 0 Å². The van der Waals surface area contributed by atoms with Gasteiger partial charge in [0.15, 0.2) is 0 Å². The zero-order valence-corrected chi connectivity index (χ0v) is 12.0. The lowest BCUT2D eigenvalue weighted by Crippen LogP contribution is -1.87. The lowest BCUT2D eigenvalue weighted by atomic mass is 10.0. The van der Waals surface area contributed by atoms with Crippen LogP contribution in [0.2, 0.25) is 0 Å². The van der Waals surface area contributed by atoms with Gasteiger partial charge in [-0.25, -0.2) is 4.98 Å². The van der Waals surface area contributed by atoms with E-state index in [1.807, 2.05) is 66.2 Å². The summed E-state index contributed by atoms with van der Waals surface area (Å²) < 4.78 is 7.34. The van der Waals surface area contributed by atoms with Crippen molar-refractivity contribution in [2.45, 2.75) is 6.92 Å². The van der Waals surface area contributed by atoms with Crippen molar-refractivity contribution in [3.8, 4) is 22.5 Å². The van der Waals surface area contributed by atoms with Crippen molar-refractivity contribution in [2.24, 2.45) is 0 Å². The molecule has 0 saturated carbocycles. The van der Waals surface area contributed by atoms with E-state index in [1.165, 1.54) is 0 Å². The van der Waals surface area contributed by atoms with Gasteiger partial charge in [-0.1, -0.05) is 35.5 Å². The number of nitrogen functional groups attached to an aromatic ring is 1. The van der Waals surface area contributed by atoms with Crippen LogP contribution in [0.3, 0.4) is 0 Å². The maximum absolute atomic E-state index is 5.82. The van der Waals surface area contributed by atoms with Crippen LogP contribution in [-0.4, -0.2) is 14.5 Å². The highest BCUT2D eigenvalue weighted by atomic mass is 16.5. The predicted molar refractivity (Wildman–Crippen MR) is 85.3 cm³/mol. The van der Waals surface area contributed by atoms with Crippen molar-refractivity contribution in [1.82, 2.24) is 14.5 Å². The lowest BCUT2D eigenvalue weighted by Gasteiger charge is -1.98. The Kier molecular flexibility index (Phi) is 2.72. The number of hydrogen-bond acceptors (Lipinski definition) is 4. The molecule has 0 unspecified atom stereocenters. The first kappa shape index (κ1) is 12.6. The average molecular weight is 290 g/mol. The number of anilines is 1. The highest BCUT2D eigenvalue weighted by molar-refractivity contribution is 5.81. The zero-order chi connectivity index (χ0) is 15.1. The molecule has 2 N–H and O–H groups in total. The zero-order valence-electron chi connectivity index (χ0n) is 12.0. The van der Waals surface area contributed by atoms with E-state index < -0.39 is 0 Å². The number of fused-ring (bicyclic) bond motifs is 1. The number of hydrogen-bond donors (Lipinski definition) is 1. The van der Waals surface area contributed by atoms with Gasteiger partial charge in [-0.3, -0.25) is 0 Å². The number of aromatic nitrogens is 3. The van der Waals surface area contributed by atoms with Gasteiger partial charge in [0.2, 0.25) is 0 Å². The largest absolute Gasteiger partial charge is 0.399 e. The van der Waals surface area contributed by atoms with E-state index >= 15 is 0 Å². The molecule has 0 spiro atoms. The molecule has 108 valence electrons. The molecule has 0 atom stereocenters. The summed E-state index contributed by atoms with van der Waals surface area (Å²) in [7, 11) is 0. The van der Waals surface area contributed by atoms with Crippen molar-refractivity contribution in [2.75, 3.05) is 5.73 Å². The number of aryl methyl sites for hydroxylation is 1. The first-order valence-corrected chi connectivity index (χ1v) is 6.98. The number of imidazole rings is 1. The van der Waals surface area contributed by atoms with Crippen LogP contribution < -0.4 is 5.73 Å². The topological polar surface area (TPSA) is 69.3 Å². The van der Waals surface area contributed by atoms with Crippen LogP contribution in [-0.2, 0) is 0 Å². The fourth-order valence-corrected chi connectivity index (χ4v) is 2.58. The van der Waals surface area contributed by atoms with Gasteiger partial charge in [0.25, 0.3) is 0 Å². The Morgan fingerprint density at radius 2 is 1.95 bits per heavy atom. The summed E-state index contributed by atoms with van der Waals surface area (Å²) in [4.78, 5) is 4.65. The monoisotopic (exact) mass is 290 g/mol. The molecule has 5 heteroatoms. The molecule has 4 rings (SSSR count). The van der Waals surface area contributed by atoms with Crippen LogP contribution in [0.5, 0.6) is 0 Å². The summed E-state index contributed by atoms with van der Waals surface area (Å²) in [5.74, 6) is 0.746. The first-order valence-electron chi connectivity index (χ1n) is 6.98. The highest BCUT2D eigenvalue weighted by Gasteiger charge is 2.19. The first-order chi connectivity index (χ1) is 10.7. The third-order valence-electron chi connectivity index (χ3n) is 3.65. The number of benzene rings is 1. The number of nitrogens with two attached hydrogens (primary N) is 1. The van der Waals surface area contributed by atoms with Gasteiger partial charge in [0.1, 0.15) is 17.1 Å². The van der Waals surface area contributed by atoms with Crippen molar-refractivity contribution < 1.29 is 4.52 Å². The number of rotatable bonds is 2. The molecule has 5 nitrogen and oxygen atoms in total. The van der Waals surface area contributed by atoms with Gasteiger partial charge in [0, 0.05) is 29.7 Å². The van der Waals surface area contributed by atoms with Crippen molar-refractivity contribution in [3.05, 3.63) is 60.6 Å². The van der Waals surface area contributed by atoms with Gasteiger partial charge in [0.05, 0.1) is 11.3 Å². The SMILES string of the molecule is Cc1onc(-c2ccccc2)c1-c1cn2ccc(N)cc2n1. The van der Waals surface area contributed by atoms with Crippen LogP contribution in [0.4, 0.5) is 5.69 Å². The van der Waals surface area contributed by atoms with E-state index in [0.29, 0.717) is 5.69 Å². The Balaban J connectivity index is 1.93. The van der Waals surface area contributed by atoms with Gasteiger partial charge >= 0.3 is 0 Å². The minimum absolute atomic E-state index is 0.690. The lowest BCUT2D eigenvalue weighted by molar-refractivity contribution is 0.400. The van der Waals surface area contributed by atoms with E-state index in [4.69, 9.17) is 10.3 Å². The van der Waals surface area contributed by atoms with Crippen molar-refractivity contribution in [3.63, 3.8) is 0 Å². The Labute approximate surface area is 127 Å². The van der Waals surface area contributed by atoms with E-state index in [-0.39, 0.29) is 0 Å². The standard InChI is InChI=1S/C17H14N4O/c1-11-16(17(20-22-11)12-5-3-2-4-6-12)14-10-21-8-7-13(18)9-15(21)19-14/h2-10H,18H2,1H3. The molecule has 3 heterocycles. The summed E-state index contributed by atoms with van der Waals surface area (Å²) in [5.41, 5.74) is 10.8. The molecule has 0 saturated heterocycles. The molecule has 0 aliphatic rings. The molecule has 1 aromatic carbocycles. The van der Waals surface area contributed by atoms with Crippen LogP contribution in [0.1, 0.15) is 5.76 Å². The number of nitrogens with zero attached hydrogens (tertiary/aromatic N) is 3. The smallest absolute Gasteiger partial charge is 0.143 e. The third-order valence-corrected chi connectivity index (χ3v) is 3.65. The van der Waals surface area contributed by atoms with Gasteiger partial charge in [-0.2, -0.15) is 0 Å². The summed E-state index contributed by atoms with van der Waals surface area (Å²) in [6, 6.07) is 13.6. The second kappa shape index (κ2) is 4.73. The van der Waals surface area contributed by atoms with Crippen molar-refractivity contribution in [1.29, 1.82) is 0 Å². The summed E-state index contributed by atoms with van der Waals surface area (Å²) in [6.07, 6.45) is 3.85. The quantitative estimate of drug-likeness (QED) is 0.613. The third kappa shape index (κ3) is 1.95. The van der Waals surface area contributed by atoms with Crippen LogP contribution in [0.25, 0.3) is 28.2 Å². The Hall–Kier alpha value is -3.08. The second-order valence-electron chi connectivity index (χ2n) is 5.18. The Bertz CT molecular complexity index is 953. The maximum Gasteiger partial charge on any atom is 0.143 e. The summed E-state index contributed by atoms with van der Waals surface area (Å²) in [5, 5.41) is 4.20. The molecule has 3 aromatic heterocycles. The fourth-order valence-electron chi connectivity index (χ4n) is 2.58. The maximum atomic E-state index is 5.82.